The zero-order valence-corrected chi connectivity index (χ0v) is 15.0. The van der Waals surface area contributed by atoms with E-state index in [0.29, 0.717) is 31.0 Å². The normalized spacial score (nSPS) is 10.6. The highest BCUT2D eigenvalue weighted by Crippen LogP contribution is 2.25. The lowest BCUT2D eigenvalue weighted by Gasteiger charge is -2.23. The van der Waals surface area contributed by atoms with Crippen LogP contribution in [-0.2, 0) is 16.1 Å². The third-order valence-electron chi connectivity index (χ3n) is 4.13. The van der Waals surface area contributed by atoms with Gasteiger partial charge in [-0.05, 0) is 56.2 Å². The number of ether oxygens (including phenoxy) is 1. The summed E-state index contributed by atoms with van der Waals surface area (Å²) in [6.45, 7) is 7.79. The van der Waals surface area contributed by atoms with Crippen molar-refractivity contribution in [2.24, 2.45) is 0 Å². The monoisotopic (exact) mass is 346 g/mol. The molecule has 2 aromatic rings. The molecule has 0 unspecified atom stereocenters. The second kappa shape index (κ2) is 7.96. The molecule has 0 bridgehead atoms. The van der Waals surface area contributed by atoms with E-state index in [0.717, 1.165) is 16.8 Å². The Balaban J connectivity index is 2.38. The van der Waals surface area contributed by atoms with Crippen LogP contribution >= 0.6 is 0 Å². The number of amides is 1. The first-order chi connectivity index (χ1) is 11.9. The lowest BCUT2D eigenvalue weighted by atomic mass is 10.1. The zero-order chi connectivity index (χ0) is 18.6. The van der Waals surface area contributed by atoms with Gasteiger partial charge in [0, 0.05) is 17.8 Å². The standard InChI is InChI=1S/C19H23FN2O3/c1-5-17(23)22(15-9-7-14(20)8-10-15)11-16-12(3)18(21-13(16)4)19(24)25-6-2/h7-10,21H,5-6,11H2,1-4H3. The summed E-state index contributed by atoms with van der Waals surface area (Å²) in [4.78, 5) is 29.1. The summed E-state index contributed by atoms with van der Waals surface area (Å²) in [7, 11) is 0. The molecule has 1 aromatic heterocycles. The molecule has 1 heterocycles. The number of carbonyl (C=O) groups excluding carboxylic acids is 2. The molecule has 5 nitrogen and oxygen atoms in total. The van der Waals surface area contributed by atoms with Crippen LogP contribution in [0.3, 0.4) is 0 Å². The van der Waals surface area contributed by atoms with Gasteiger partial charge in [0.1, 0.15) is 11.5 Å². The van der Waals surface area contributed by atoms with Crippen molar-refractivity contribution in [3.63, 3.8) is 0 Å². The molecule has 0 saturated heterocycles. The second-order valence-corrected chi connectivity index (χ2v) is 5.76. The van der Waals surface area contributed by atoms with E-state index in [1.54, 1.807) is 30.9 Å². The second-order valence-electron chi connectivity index (χ2n) is 5.76. The fraction of sp³-hybridized carbons (Fsp3) is 0.368. The number of aromatic amines is 1. The molecule has 2 rings (SSSR count). The topological polar surface area (TPSA) is 62.4 Å². The number of benzene rings is 1. The Morgan fingerprint density at radius 2 is 1.80 bits per heavy atom. The van der Waals surface area contributed by atoms with Gasteiger partial charge in [0.25, 0.3) is 0 Å². The Labute approximate surface area is 146 Å². The first-order valence-corrected chi connectivity index (χ1v) is 8.30. The van der Waals surface area contributed by atoms with E-state index >= 15 is 0 Å². The summed E-state index contributed by atoms with van der Waals surface area (Å²) >= 11 is 0. The molecule has 0 fully saturated rings. The van der Waals surface area contributed by atoms with Crippen molar-refractivity contribution in [3.8, 4) is 0 Å². The van der Waals surface area contributed by atoms with Gasteiger partial charge in [-0.3, -0.25) is 4.79 Å². The molecule has 0 saturated carbocycles. The van der Waals surface area contributed by atoms with Crippen LogP contribution in [-0.4, -0.2) is 23.5 Å². The Kier molecular flexibility index (Phi) is 5.96. The van der Waals surface area contributed by atoms with Crippen LogP contribution in [0.5, 0.6) is 0 Å². The van der Waals surface area contributed by atoms with Crippen LogP contribution in [0.1, 0.15) is 47.6 Å². The predicted octanol–water partition coefficient (Wildman–Crippen LogP) is 3.89. The SMILES string of the molecule is CCOC(=O)c1[nH]c(C)c(CN(C(=O)CC)c2ccc(F)cc2)c1C. The fourth-order valence-electron chi connectivity index (χ4n) is 2.73. The highest BCUT2D eigenvalue weighted by molar-refractivity contribution is 5.94. The molecule has 1 amide bonds. The van der Waals surface area contributed by atoms with Gasteiger partial charge in [-0.25, -0.2) is 9.18 Å². The van der Waals surface area contributed by atoms with Gasteiger partial charge in [0.15, 0.2) is 0 Å². The lowest BCUT2D eigenvalue weighted by Crippen LogP contribution is -2.30. The number of aryl methyl sites for hydroxylation is 1. The third-order valence-corrected chi connectivity index (χ3v) is 4.13. The average molecular weight is 346 g/mol. The van der Waals surface area contributed by atoms with Crippen LogP contribution in [0.4, 0.5) is 10.1 Å². The number of nitrogens with one attached hydrogen (secondary N) is 1. The van der Waals surface area contributed by atoms with Crippen LogP contribution in [0.25, 0.3) is 0 Å². The first kappa shape index (κ1) is 18.7. The molecular weight excluding hydrogens is 323 g/mol. The number of nitrogens with zero attached hydrogens (tertiary/aromatic N) is 1. The van der Waals surface area contributed by atoms with Crippen molar-refractivity contribution in [1.82, 2.24) is 4.98 Å². The molecule has 134 valence electrons. The van der Waals surface area contributed by atoms with Crippen LogP contribution < -0.4 is 4.90 Å². The van der Waals surface area contributed by atoms with Gasteiger partial charge in [0.2, 0.25) is 5.91 Å². The van der Waals surface area contributed by atoms with Gasteiger partial charge in [-0.15, -0.1) is 0 Å². The summed E-state index contributed by atoms with van der Waals surface area (Å²) in [5.41, 5.74) is 3.43. The van der Waals surface area contributed by atoms with E-state index in [9.17, 15) is 14.0 Å². The predicted molar refractivity (Wildman–Crippen MR) is 94.1 cm³/mol. The molecule has 1 N–H and O–H groups in total. The smallest absolute Gasteiger partial charge is 0.355 e. The Hall–Kier alpha value is -2.63. The number of halogens is 1. The molecular formula is C19H23FN2O3. The Morgan fingerprint density at radius 3 is 2.36 bits per heavy atom. The number of hydrogen-bond donors (Lipinski definition) is 1. The molecule has 0 spiro atoms. The van der Waals surface area contributed by atoms with Crippen molar-refractivity contribution >= 4 is 17.6 Å². The molecule has 0 aliphatic carbocycles. The number of esters is 1. The van der Waals surface area contributed by atoms with Crippen molar-refractivity contribution in [1.29, 1.82) is 0 Å². The zero-order valence-electron chi connectivity index (χ0n) is 15.0. The molecule has 0 aliphatic heterocycles. The van der Waals surface area contributed by atoms with Crippen molar-refractivity contribution < 1.29 is 18.7 Å². The van der Waals surface area contributed by atoms with Crippen LogP contribution in [0, 0.1) is 19.7 Å². The van der Waals surface area contributed by atoms with Gasteiger partial charge in [-0.1, -0.05) is 6.92 Å². The molecule has 1 aromatic carbocycles. The Morgan fingerprint density at radius 1 is 1.16 bits per heavy atom. The fourth-order valence-corrected chi connectivity index (χ4v) is 2.73. The van der Waals surface area contributed by atoms with Gasteiger partial charge in [0.05, 0.1) is 13.2 Å². The van der Waals surface area contributed by atoms with E-state index in [1.165, 1.54) is 12.1 Å². The minimum atomic E-state index is -0.412. The number of hydrogen-bond acceptors (Lipinski definition) is 3. The number of carbonyl (C=O) groups is 2. The van der Waals surface area contributed by atoms with E-state index in [2.05, 4.69) is 4.98 Å². The quantitative estimate of drug-likeness (QED) is 0.807. The maximum absolute atomic E-state index is 13.2. The molecule has 6 heteroatoms. The van der Waals surface area contributed by atoms with Gasteiger partial charge in [-0.2, -0.15) is 0 Å². The average Bonchev–Trinajstić information content (AvgIpc) is 2.88. The minimum absolute atomic E-state index is 0.0794. The number of H-pyrrole nitrogens is 1. The number of anilines is 1. The summed E-state index contributed by atoms with van der Waals surface area (Å²) < 4.78 is 18.2. The Bertz CT molecular complexity index is 766. The van der Waals surface area contributed by atoms with Crippen molar-refractivity contribution in [3.05, 3.63) is 52.6 Å². The largest absolute Gasteiger partial charge is 0.461 e. The van der Waals surface area contributed by atoms with Crippen molar-refractivity contribution in [2.45, 2.75) is 40.7 Å². The van der Waals surface area contributed by atoms with E-state index in [-0.39, 0.29) is 11.7 Å². The molecule has 25 heavy (non-hydrogen) atoms. The molecule has 0 aliphatic rings. The van der Waals surface area contributed by atoms with Crippen molar-refractivity contribution in [2.75, 3.05) is 11.5 Å². The highest BCUT2D eigenvalue weighted by atomic mass is 19.1. The van der Waals surface area contributed by atoms with Crippen LogP contribution in [0.15, 0.2) is 24.3 Å². The minimum Gasteiger partial charge on any atom is -0.461 e. The third kappa shape index (κ3) is 4.07. The maximum atomic E-state index is 13.2. The summed E-state index contributed by atoms with van der Waals surface area (Å²) in [5.74, 6) is -0.847. The van der Waals surface area contributed by atoms with Crippen LogP contribution in [0.2, 0.25) is 0 Å². The summed E-state index contributed by atoms with van der Waals surface area (Å²) in [5, 5.41) is 0. The maximum Gasteiger partial charge on any atom is 0.355 e. The highest BCUT2D eigenvalue weighted by Gasteiger charge is 2.22. The molecule has 0 radical (unpaired) electrons. The van der Waals surface area contributed by atoms with E-state index in [1.807, 2.05) is 13.8 Å². The summed E-state index contributed by atoms with van der Waals surface area (Å²) in [6.07, 6.45) is 0.324. The van der Waals surface area contributed by atoms with Gasteiger partial charge >= 0.3 is 5.97 Å². The van der Waals surface area contributed by atoms with Gasteiger partial charge < -0.3 is 14.6 Å². The summed E-state index contributed by atoms with van der Waals surface area (Å²) in [6, 6.07) is 5.80. The number of aromatic nitrogens is 1. The molecule has 0 atom stereocenters. The number of rotatable bonds is 6. The van der Waals surface area contributed by atoms with E-state index in [4.69, 9.17) is 4.74 Å². The van der Waals surface area contributed by atoms with E-state index < -0.39 is 5.97 Å². The lowest BCUT2D eigenvalue weighted by molar-refractivity contribution is -0.118. The first-order valence-electron chi connectivity index (χ1n) is 8.30.